The van der Waals surface area contributed by atoms with Gasteiger partial charge in [-0.2, -0.15) is 0 Å². The Morgan fingerprint density at radius 2 is 1.80 bits per heavy atom. The molecule has 0 saturated heterocycles. The Morgan fingerprint density at radius 3 is 2.36 bits per heavy atom. The molecule has 0 radical (unpaired) electrons. The van der Waals surface area contributed by atoms with Crippen LogP contribution in [0.2, 0.25) is 5.02 Å². The monoisotopic (exact) mass is 379 g/mol. The predicted octanol–water partition coefficient (Wildman–Crippen LogP) is 3.49. The molecule has 132 valence electrons. The lowest BCUT2D eigenvalue weighted by atomic mass is 10.1. The smallest absolute Gasteiger partial charge is 0.338 e. The first-order chi connectivity index (χ1) is 11.8. The van der Waals surface area contributed by atoms with Crippen LogP contribution < -0.4 is 5.32 Å². The summed E-state index contributed by atoms with van der Waals surface area (Å²) >= 11 is 6.13. The zero-order valence-electron chi connectivity index (χ0n) is 14.1. The van der Waals surface area contributed by atoms with Gasteiger partial charge in [-0.3, -0.25) is 9.00 Å². The summed E-state index contributed by atoms with van der Waals surface area (Å²) in [6.07, 6.45) is 1.55. The number of halogens is 1. The van der Waals surface area contributed by atoms with Gasteiger partial charge in [0.05, 0.1) is 16.3 Å². The van der Waals surface area contributed by atoms with Crippen molar-refractivity contribution in [2.45, 2.75) is 18.7 Å². The van der Waals surface area contributed by atoms with Crippen LogP contribution in [0.3, 0.4) is 0 Å². The summed E-state index contributed by atoms with van der Waals surface area (Å²) in [6, 6.07) is 9.84. The summed E-state index contributed by atoms with van der Waals surface area (Å²) in [6.45, 7) is 3.31. The van der Waals surface area contributed by atoms with E-state index < -0.39 is 29.3 Å². The van der Waals surface area contributed by atoms with E-state index in [9.17, 15) is 13.8 Å². The van der Waals surface area contributed by atoms with Crippen molar-refractivity contribution >= 4 is 40.0 Å². The third-order valence-corrected chi connectivity index (χ3v) is 4.69. The molecule has 0 spiro atoms. The molecule has 0 heterocycles. The SMILES string of the molecule is Cc1cc(C)c(NC(=O)COC(=O)c2ccc(S(C)=O)cc2)c(Cl)c1. The number of nitrogens with one attached hydrogen (secondary N) is 1. The van der Waals surface area contributed by atoms with Gasteiger partial charge in [0.25, 0.3) is 5.91 Å². The lowest BCUT2D eigenvalue weighted by Crippen LogP contribution is -2.21. The summed E-state index contributed by atoms with van der Waals surface area (Å²) in [7, 11) is -1.12. The van der Waals surface area contributed by atoms with Gasteiger partial charge in [-0.25, -0.2) is 4.79 Å². The molecule has 2 rings (SSSR count). The number of hydrogen-bond donors (Lipinski definition) is 1. The zero-order chi connectivity index (χ0) is 18.6. The Morgan fingerprint density at radius 1 is 1.16 bits per heavy atom. The maximum Gasteiger partial charge on any atom is 0.338 e. The summed E-state index contributed by atoms with van der Waals surface area (Å²) < 4.78 is 16.3. The van der Waals surface area contributed by atoms with Crippen molar-refractivity contribution in [1.29, 1.82) is 0 Å². The number of benzene rings is 2. The highest BCUT2D eigenvalue weighted by Gasteiger charge is 2.13. The van der Waals surface area contributed by atoms with E-state index in [0.29, 0.717) is 15.6 Å². The molecule has 1 unspecified atom stereocenters. The largest absolute Gasteiger partial charge is 0.452 e. The summed E-state index contributed by atoms with van der Waals surface area (Å²) in [4.78, 5) is 24.6. The number of carbonyl (C=O) groups excluding carboxylic acids is 2. The molecule has 0 bridgehead atoms. The van der Waals surface area contributed by atoms with Gasteiger partial charge in [-0.15, -0.1) is 0 Å². The lowest BCUT2D eigenvalue weighted by molar-refractivity contribution is -0.119. The summed E-state index contributed by atoms with van der Waals surface area (Å²) in [5.74, 6) is -1.11. The number of anilines is 1. The Bertz CT molecular complexity index is 810. The molecule has 0 fully saturated rings. The fourth-order valence-electron chi connectivity index (χ4n) is 2.25. The number of aryl methyl sites for hydroxylation is 2. The van der Waals surface area contributed by atoms with E-state index in [1.165, 1.54) is 12.1 Å². The van der Waals surface area contributed by atoms with Crippen LogP contribution in [0.5, 0.6) is 0 Å². The lowest BCUT2D eigenvalue weighted by Gasteiger charge is -2.12. The number of esters is 1. The zero-order valence-corrected chi connectivity index (χ0v) is 15.7. The second-order valence-corrected chi connectivity index (χ2v) is 7.33. The van der Waals surface area contributed by atoms with Crippen molar-refractivity contribution < 1.29 is 18.5 Å². The van der Waals surface area contributed by atoms with Crippen LogP contribution in [0.25, 0.3) is 0 Å². The summed E-state index contributed by atoms with van der Waals surface area (Å²) in [5.41, 5.74) is 2.60. The van der Waals surface area contributed by atoms with Crippen LogP contribution in [-0.4, -0.2) is 28.9 Å². The van der Waals surface area contributed by atoms with Crippen LogP contribution in [-0.2, 0) is 20.3 Å². The minimum Gasteiger partial charge on any atom is -0.452 e. The molecule has 0 saturated carbocycles. The molecule has 1 N–H and O–H groups in total. The Kier molecular flexibility index (Phi) is 6.33. The van der Waals surface area contributed by atoms with E-state index in [-0.39, 0.29) is 5.56 Å². The minimum absolute atomic E-state index is 0.284. The highest BCUT2D eigenvalue weighted by atomic mass is 35.5. The van der Waals surface area contributed by atoms with Crippen molar-refractivity contribution in [3.8, 4) is 0 Å². The number of hydrogen-bond acceptors (Lipinski definition) is 4. The highest BCUT2D eigenvalue weighted by molar-refractivity contribution is 7.84. The highest BCUT2D eigenvalue weighted by Crippen LogP contribution is 2.27. The van der Waals surface area contributed by atoms with Crippen molar-refractivity contribution in [3.05, 3.63) is 58.1 Å². The molecule has 1 amide bonds. The average molecular weight is 380 g/mol. The number of carbonyl (C=O) groups is 2. The molecular formula is C18H18ClNO4S. The van der Waals surface area contributed by atoms with E-state index in [2.05, 4.69) is 5.32 Å². The van der Waals surface area contributed by atoms with Crippen molar-refractivity contribution in [1.82, 2.24) is 0 Å². The second-order valence-electron chi connectivity index (χ2n) is 5.54. The normalized spacial score (nSPS) is 11.7. The molecule has 0 aliphatic heterocycles. The molecule has 2 aromatic rings. The van der Waals surface area contributed by atoms with Gasteiger partial charge in [0, 0.05) is 22.0 Å². The first-order valence-corrected chi connectivity index (χ1v) is 9.38. The number of rotatable bonds is 5. The molecule has 1 atom stereocenters. The quantitative estimate of drug-likeness (QED) is 0.807. The number of ether oxygens (including phenoxy) is 1. The van der Waals surface area contributed by atoms with E-state index in [4.69, 9.17) is 16.3 Å². The number of amides is 1. The van der Waals surface area contributed by atoms with Crippen LogP contribution in [0.1, 0.15) is 21.5 Å². The van der Waals surface area contributed by atoms with Gasteiger partial charge >= 0.3 is 5.97 Å². The van der Waals surface area contributed by atoms with Gasteiger partial charge in [0.15, 0.2) is 6.61 Å². The van der Waals surface area contributed by atoms with Crippen LogP contribution in [0.4, 0.5) is 5.69 Å². The maximum atomic E-state index is 12.0. The van der Waals surface area contributed by atoms with Gasteiger partial charge in [-0.1, -0.05) is 17.7 Å². The fourth-order valence-corrected chi connectivity index (χ4v) is 3.13. The maximum absolute atomic E-state index is 12.0. The molecule has 0 aromatic heterocycles. The van der Waals surface area contributed by atoms with Gasteiger partial charge in [0.1, 0.15) is 0 Å². The van der Waals surface area contributed by atoms with Gasteiger partial charge in [-0.05, 0) is 55.3 Å². The molecule has 0 aliphatic rings. The predicted molar refractivity (Wildman–Crippen MR) is 98.6 cm³/mol. The Balaban J connectivity index is 1.96. The first-order valence-electron chi connectivity index (χ1n) is 7.45. The topological polar surface area (TPSA) is 72.5 Å². The Labute approximate surface area is 153 Å². The van der Waals surface area contributed by atoms with Crippen LogP contribution in [0.15, 0.2) is 41.3 Å². The molecule has 7 heteroatoms. The molecule has 0 aliphatic carbocycles. The van der Waals surface area contributed by atoms with Crippen molar-refractivity contribution in [2.75, 3.05) is 18.2 Å². The molecule has 5 nitrogen and oxygen atoms in total. The molecule has 25 heavy (non-hydrogen) atoms. The van der Waals surface area contributed by atoms with E-state index in [0.717, 1.165) is 11.1 Å². The first kappa shape index (κ1) is 19.1. The molecular weight excluding hydrogens is 362 g/mol. The fraction of sp³-hybridized carbons (Fsp3) is 0.222. The van der Waals surface area contributed by atoms with E-state index >= 15 is 0 Å². The van der Waals surface area contributed by atoms with Crippen LogP contribution in [0, 0.1) is 13.8 Å². The van der Waals surface area contributed by atoms with Crippen LogP contribution >= 0.6 is 11.6 Å². The second kappa shape index (κ2) is 8.27. The minimum atomic E-state index is -1.12. The molecule has 2 aromatic carbocycles. The van der Waals surface area contributed by atoms with E-state index in [1.54, 1.807) is 24.5 Å². The van der Waals surface area contributed by atoms with Crippen molar-refractivity contribution in [2.24, 2.45) is 0 Å². The van der Waals surface area contributed by atoms with Gasteiger partial charge in [0.2, 0.25) is 0 Å². The summed E-state index contributed by atoms with van der Waals surface area (Å²) in [5, 5.41) is 3.08. The third kappa shape index (κ3) is 5.14. The average Bonchev–Trinajstić information content (AvgIpc) is 2.56. The van der Waals surface area contributed by atoms with Gasteiger partial charge < -0.3 is 10.1 Å². The Hall–Kier alpha value is -2.18. The van der Waals surface area contributed by atoms with E-state index in [1.807, 2.05) is 19.9 Å². The third-order valence-electron chi connectivity index (χ3n) is 3.45. The standard InChI is InChI=1S/C18H18ClNO4S/c1-11-8-12(2)17(15(19)9-11)20-16(21)10-24-18(22)13-4-6-14(7-5-13)25(3)23/h4-9H,10H2,1-3H3,(H,20,21). The van der Waals surface area contributed by atoms with Crippen molar-refractivity contribution in [3.63, 3.8) is 0 Å².